The van der Waals surface area contributed by atoms with Gasteiger partial charge in [-0.1, -0.05) is 6.92 Å². The Kier molecular flexibility index (Phi) is 2.34. The van der Waals surface area contributed by atoms with Gasteiger partial charge in [0, 0.05) is 5.92 Å². The van der Waals surface area contributed by atoms with Crippen LogP contribution in [0.25, 0.3) is 0 Å². The first-order valence-corrected chi connectivity index (χ1v) is 3.60. The fourth-order valence-electron chi connectivity index (χ4n) is 1.12. The van der Waals surface area contributed by atoms with Gasteiger partial charge in [-0.3, -0.25) is 0 Å². The molecule has 2 unspecified atom stereocenters. The van der Waals surface area contributed by atoms with E-state index in [-0.39, 0.29) is 11.9 Å². The summed E-state index contributed by atoms with van der Waals surface area (Å²) in [6.45, 7) is 2.40. The van der Waals surface area contributed by atoms with Crippen molar-refractivity contribution < 1.29 is 14.9 Å². The minimum atomic E-state index is -0.719. The molecule has 2 N–H and O–H groups in total. The summed E-state index contributed by atoms with van der Waals surface area (Å²) in [7, 11) is 1.76. The van der Waals surface area contributed by atoms with Crippen LogP contribution in [0.15, 0.2) is 0 Å². The summed E-state index contributed by atoms with van der Waals surface area (Å²) in [6.07, 6.45) is -1.34. The van der Waals surface area contributed by atoms with Crippen LogP contribution in [0.5, 0.6) is 0 Å². The molecule has 0 bridgehead atoms. The van der Waals surface area contributed by atoms with E-state index in [1.165, 1.54) is 0 Å². The molecule has 0 aromatic carbocycles. The van der Waals surface area contributed by atoms with E-state index in [0.717, 1.165) is 0 Å². The largest absolute Gasteiger partial charge is 0.390 e. The summed E-state index contributed by atoms with van der Waals surface area (Å²) < 4.78 is 5.16. The zero-order valence-corrected chi connectivity index (χ0v) is 6.32. The van der Waals surface area contributed by atoms with Gasteiger partial charge in [-0.25, -0.2) is 0 Å². The predicted molar refractivity (Wildman–Crippen MR) is 39.5 cm³/mol. The maximum absolute atomic E-state index is 9.29. The third-order valence-corrected chi connectivity index (χ3v) is 2.04. The maximum Gasteiger partial charge on any atom is 0.142 e. The minimum absolute atomic E-state index is 0.0474. The third kappa shape index (κ3) is 1.33. The Labute approximate surface area is 61.4 Å². The van der Waals surface area contributed by atoms with Gasteiger partial charge >= 0.3 is 0 Å². The average molecular weight is 144 g/mol. The van der Waals surface area contributed by atoms with Gasteiger partial charge in [0.15, 0.2) is 0 Å². The SMILES string of the molecule is BC1OC[C@@H](C)[C@@H](O)C1O. The van der Waals surface area contributed by atoms with Gasteiger partial charge in [-0.2, -0.15) is 0 Å². The Morgan fingerprint density at radius 3 is 2.50 bits per heavy atom. The smallest absolute Gasteiger partial charge is 0.142 e. The van der Waals surface area contributed by atoms with Crippen LogP contribution in [0.2, 0.25) is 0 Å². The summed E-state index contributed by atoms with van der Waals surface area (Å²) >= 11 is 0. The van der Waals surface area contributed by atoms with Crippen molar-refractivity contribution in [3.8, 4) is 0 Å². The van der Waals surface area contributed by atoms with Crippen molar-refractivity contribution in [2.24, 2.45) is 5.92 Å². The molecule has 0 amide bonds. The summed E-state index contributed by atoms with van der Waals surface area (Å²) in [6, 6.07) is -0.230. The second-order valence-electron chi connectivity index (χ2n) is 3.00. The summed E-state index contributed by atoms with van der Waals surface area (Å²) in [5.41, 5.74) is 0. The van der Waals surface area contributed by atoms with Gasteiger partial charge in [0.1, 0.15) is 7.85 Å². The molecular formula is C6H13BO3. The van der Waals surface area contributed by atoms with E-state index in [1.54, 1.807) is 7.85 Å². The van der Waals surface area contributed by atoms with E-state index in [1.807, 2.05) is 6.92 Å². The van der Waals surface area contributed by atoms with Gasteiger partial charge in [0.25, 0.3) is 0 Å². The van der Waals surface area contributed by atoms with E-state index < -0.39 is 12.2 Å². The number of rotatable bonds is 0. The molecule has 0 radical (unpaired) electrons. The molecule has 1 rings (SSSR count). The van der Waals surface area contributed by atoms with Crippen molar-refractivity contribution in [3.63, 3.8) is 0 Å². The van der Waals surface area contributed by atoms with Crippen LogP contribution in [0, 0.1) is 5.92 Å². The zero-order chi connectivity index (χ0) is 7.72. The van der Waals surface area contributed by atoms with E-state index in [4.69, 9.17) is 4.74 Å². The molecule has 4 heteroatoms. The van der Waals surface area contributed by atoms with Crippen molar-refractivity contribution in [1.82, 2.24) is 0 Å². The molecule has 1 aliphatic heterocycles. The van der Waals surface area contributed by atoms with Crippen LogP contribution < -0.4 is 0 Å². The molecule has 0 saturated carbocycles. The Morgan fingerprint density at radius 2 is 2.00 bits per heavy atom. The predicted octanol–water partition coefficient (Wildman–Crippen LogP) is -1.67. The first-order chi connectivity index (χ1) is 4.63. The highest BCUT2D eigenvalue weighted by Crippen LogP contribution is 2.17. The van der Waals surface area contributed by atoms with Gasteiger partial charge in [0.05, 0.1) is 24.8 Å². The van der Waals surface area contributed by atoms with Crippen LogP contribution in [-0.4, -0.2) is 42.9 Å². The van der Waals surface area contributed by atoms with Crippen LogP contribution >= 0.6 is 0 Å². The number of aliphatic hydroxyl groups excluding tert-OH is 2. The molecule has 4 atom stereocenters. The summed E-state index contributed by atoms with van der Waals surface area (Å²) in [5.74, 6) is 0.0474. The number of hydrogen-bond acceptors (Lipinski definition) is 3. The fraction of sp³-hybridized carbons (Fsp3) is 1.00. The molecule has 1 aliphatic rings. The minimum Gasteiger partial charge on any atom is -0.390 e. The van der Waals surface area contributed by atoms with Gasteiger partial charge in [-0.15, -0.1) is 0 Å². The van der Waals surface area contributed by atoms with E-state index >= 15 is 0 Å². The lowest BCUT2D eigenvalue weighted by Gasteiger charge is -2.34. The lowest BCUT2D eigenvalue weighted by Crippen LogP contribution is -2.49. The Hall–Kier alpha value is -0.0551. The van der Waals surface area contributed by atoms with Gasteiger partial charge in [-0.05, 0) is 0 Å². The van der Waals surface area contributed by atoms with Crippen LogP contribution in [-0.2, 0) is 4.74 Å². The molecule has 0 aromatic rings. The highest BCUT2D eigenvalue weighted by Gasteiger charge is 2.32. The monoisotopic (exact) mass is 144 g/mol. The molecule has 1 fully saturated rings. The van der Waals surface area contributed by atoms with Gasteiger partial charge in [0.2, 0.25) is 0 Å². The molecule has 1 heterocycles. The summed E-state index contributed by atoms with van der Waals surface area (Å²) in [4.78, 5) is 0. The number of ether oxygens (including phenoxy) is 1. The van der Waals surface area contributed by atoms with Crippen LogP contribution in [0.1, 0.15) is 6.92 Å². The number of aliphatic hydroxyl groups is 2. The van der Waals surface area contributed by atoms with Crippen molar-refractivity contribution >= 4 is 7.85 Å². The first kappa shape index (κ1) is 8.05. The Balaban J connectivity index is 2.52. The lowest BCUT2D eigenvalue weighted by atomic mass is 9.84. The molecule has 58 valence electrons. The Morgan fingerprint density at radius 1 is 1.40 bits per heavy atom. The molecular weight excluding hydrogens is 131 g/mol. The Bertz CT molecular complexity index is 106. The highest BCUT2D eigenvalue weighted by atomic mass is 16.5. The second-order valence-corrected chi connectivity index (χ2v) is 3.00. The van der Waals surface area contributed by atoms with Crippen LogP contribution in [0.4, 0.5) is 0 Å². The molecule has 10 heavy (non-hydrogen) atoms. The van der Waals surface area contributed by atoms with E-state index in [9.17, 15) is 10.2 Å². The topological polar surface area (TPSA) is 49.7 Å². The number of hydrogen-bond donors (Lipinski definition) is 2. The highest BCUT2D eigenvalue weighted by molar-refractivity contribution is 6.11. The average Bonchev–Trinajstić information content (AvgIpc) is 1.93. The maximum atomic E-state index is 9.29. The second kappa shape index (κ2) is 2.90. The molecule has 0 spiro atoms. The van der Waals surface area contributed by atoms with Crippen molar-refractivity contribution in [3.05, 3.63) is 0 Å². The summed E-state index contributed by atoms with van der Waals surface area (Å²) in [5, 5.41) is 18.5. The normalized spacial score (nSPS) is 49.1. The fourth-order valence-corrected chi connectivity index (χ4v) is 1.12. The molecule has 1 saturated heterocycles. The standard InChI is InChI=1S/C6H13BO3/c1-3-2-10-6(7)5(9)4(3)8/h3-6,8-9H,2,7H2,1H3/t3-,4-,5?,6?/m1/s1. The van der Waals surface area contributed by atoms with Crippen molar-refractivity contribution in [2.45, 2.75) is 25.1 Å². The van der Waals surface area contributed by atoms with E-state index in [2.05, 4.69) is 0 Å². The van der Waals surface area contributed by atoms with Crippen LogP contribution in [0.3, 0.4) is 0 Å². The zero-order valence-electron chi connectivity index (χ0n) is 6.32. The van der Waals surface area contributed by atoms with Crippen molar-refractivity contribution in [1.29, 1.82) is 0 Å². The molecule has 0 aliphatic carbocycles. The quantitative estimate of drug-likeness (QED) is 0.400. The lowest BCUT2D eigenvalue weighted by molar-refractivity contribution is -0.132. The van der Waals surface area contributed by atoms with Crippen molar-refractivity contribution in [2.75, 3.05) is 6.61 Å². The van der Waals surface area contributed by atoms with E-state index in [0.29, 0.717) is 6.61 Å². The molecule has 3 nitrogen and oxygen atoms in total. The van der Waals surface area contributed by atoms with Gasteiger partial charge < -0.3 is 14.9 Å². The first-order valence-electron chi connectivity index (χ1n) is 3.60. The third-order valence-electron chi connectivity index (χ3n) is 2.04. The molecule has 0 aromatic heterocycles.